The van der Waals surface area contributed by atoms with Crippen LogP contribution in [0.1, 0.15) is 25.3 Å². The van der Waals surface area contributed by atoms with E-state index in [1.165, 1.54) is 0 Å². The Bertz CT molecular complexity index is 770. The van der Waals surface area contributed by atoms with Crippen LogP contribution in [0.15, 0.2) is 45.8 Å². The number of furan rings is 1. The molecular weight excluding hydrogens is 240 g/mol. The zero-order valence-corrected chi connectivity index (χ0v) is 10.8. The monoisotopic (exact) mass is 254 g/mol. The van der Waals surface area contributed by atoms with Gasteiger partial charge in [-0.15, -0.1) is 0 Å². The van der Waals surface area contributed by atoms with E-state index in [1.807, 2.05) is 18.2 Å². The number of rotatable bonds is 2. The standard InChI is InChI=1S/C15H14N2O2/c1-9(2)10-5-6-12-11(8-10)15(18)17-14(16-12)13-4-3-7-19-13/h3-9H,1-2H3,(H,16,17,18). The van der Waals surface area contributed by atoms with Crippen LogP contribution in [0.2, 0.25) is 0 Å². The average Bonchev–Trinajstić information content (AvgIpc) is 2.92. The van der Waals surface area contributed by atoms with Crippen molar-refractivity contribution in [3.05, 3.63) is 52.5 Å². The summed E-state index contributed by atoms with van der Waals surface area (Å²) in [4.78, 5) is 19.3. The van der Waals surface area contributed by atoms with Crippen molar-refractivity contribution in [3.8, 4) is 11.6 Å². The SMILES string of the molecule is CC(C)c1ccc2nc(-c3ccco3)[nH]c(=O)c2c1. The third-order valence-electron chi connectivity index (χ3n) is 3.15. The van der Waals surface area contributed by atoms with Crippen LogP contribution in [0.5, 0.6) is 0 Å². The van der Waals surface area contributed by atoms with Crippen LogP contribution in [0.3, 0.4) is 0 Å². The normalized spacial score (nSPS) is 11.3. The summed E-state index contributed by atoms with van der Waals surface area (Å²) >= 11 is 0. The van der Waals surface area contributed by atoms with Crippen molar-refractivity contribution in [1.29, 1.82) is 0 Å². The van der Waals surface area contributed by atoms with Gasteiger partial charge in [-0.1, -0.05) is 19.9 Å². The van der Waals surface area contributed by atoms with Crippen molar-refractivity contribution in [3.63, 3.8) is 0 Å². The Kier molecular flexibility index (Phi) is 2.71. The summed E-state index contributed by atoms with van der Waals surface area (Å²) in [7, 11) is 0. The molecule has 0 bridgehead atoms. The Hall–Kier alpha value is -2.36. The number of hydrogen-bond donors (Lipinski definition) is 1. The maximum atomic E-state index is 12.1. The summed E-state index contributed by atoms with van der Waals surface area (Å²) < 4.78 is 5.25. The fraction of sp³-hybridized carbons (Fsp3) is 0.200. The maximum Gasteiger partial charge on any atom is 0.259 e. The number of hydrogen-bond acceptors (Lipinski definition) is 3. The summed E-state index contributed by atoms with van der Waals surface area (Å²) in [6, 6.07) is 9.32. The zero-order valence-electron chi connectivity index (χ0n) is 10.8. The first kappa shape index (κ1) is 11.7. The molecule has 96 valence electrons. The van der Waals surface area contributed by atoms with Crippen molar-refractivity contribution in [2.75, 3.05) is 0 Å². The molecule has 0 aliphatic rings. The van der Waals surface area contributed by atoms with E-state index in [2.05, 4.69) is 23.8 Å². The minimum absolute atomic E-state index is 0.140. The Morgan fingerprint density at radius 3 is 2.79 bits per heavy atom. The molecule has 2 aromatic heterocycles. The van der Waals surface area contributed by atoms with E-state index in [0.717, 1.165) is 5.56 Å². The van der Waals surface area contributed by atoms with Gasteiger partial charge in [0, 0.05) is 0 Å². The molecule has 4 heteroatoms. The van der Waals surface area contributed by atoms with E-state index in [0.29, 0.717) is 28.4 Å². The zero-order chi connectivity index (χ0) is 13.4. The van der Waals surface area contributed by atoms with Crippen molar-refractivity contribution in [1.82, 2.24) is 9.97 Å². The number of aromatic amines is 1. The number of aromatic nitrogens is 2. The van der Waals surface area contributed by atoms with E-state index < -0.39 is 0 Å². The topological polar surface area (TPSA) is 58.9 Å². The Balaban J connectivity index is 2.23. The lowest BCUT2D eigenvalue weighted by atomic mass is 10.0. The second kappa shape index (κ2) is 4.39. The first-order valence-corrected chi connectivity index (χ1v) is 6.23. The van der Waals surface area contributed by atoms with Gasteiger partial charge < -0.3 is 9.40 Å². The molecule has 0 aliphatic carbocycles. The average molecular weight is 254 g/mol. The fourth-order valence-corrected chi connectivity index (χ4v) is 2.05. The third kappa shape index (κ3) is 2.05. The Morgan fingerprint density at radius 2 is 2.11 bits per heavy atom. The van der Waals surface area contributed by atoms with Crippen LogP contribution in [0.4, 0.5) is 0 Å². The molecule has 0 unspecified atom stereocenters. The molecule has 0 spiro atoms. The lowest BCUT2D eigenvalue weighted by molar-refractivity contribution is 0.577. The number of nitrogens with one attached hydrogen (secondary N) is 1. The second-order valence-corrected chi connectivity index (χ2v) is 4.82. The van der Waals surface area contributed by atoms with Crippen molar-refractivity contribution in [2.24, 2.45) is 0 Å². The number of benzene rings is 1. The van der Waals surface area contributed by atoms with Crippen LogP contribution in [-0.4, -0.2) is 9.97 Å². The van der Waals surface area contributed by atoms with Gasteiger partial charge in [-0.05, 0) is 35.7 Å². The molecule has 0 aliphatic heterocycles. The second-order valence-electron chi connectivity index (χ2n) is 4.82. The highest BCUT2D eigenvalue weighted by Gasteiger charge is 2.09. The third-order valence-corrected chi connectivity index (χ3v) is 3.15. The van der Waals surface area contributed by atoms with Crippen LogP contribution in [0.25, 0.3) is 22.5 Å². The van der Waals surface area contributed by atoms with Crippen molar-refractivity contribution >= 4 is 10.9 Å². The van der Waals surface area contributed by atoms with Crippen LogP contribution in [-0.2, 0) is 0 Å². The molecule has 0 radical (unpaired) electrons. The van der Waals surface area contributed by atoms with E-state index in [4.69, 9.17) is 4.42 Å². The molecule has 0 atom stereocenters. The molecule has 1 aromatic carbocycles. The van der Waals surface area contributed by atoms with Gasteiger partial charge >= 0.3 is 0 Å². The summed E-state index contributed by atoms with van der Waals surface area (Å²) in [5.41, 5.74) is 1.67. The summed E-state index contributed by atoms with van der Waals surface area (Å²) in [5.74, 6) is 1.40. The lowest BCUT2D eigenvalue weighted by Crippen LogP contribution is -2.09. The lowest BCUT2D eigenvalue weighted by Gasteiger charge is -2.06. The van der Waals surface area contributed by atoms with E-state index in [-0.39, 0.29) is 5.56 Å². The first-order valence-electron chi connectivity index (χ1n) is 6.23. The minimum Gasteiger partial charge on any atom is -0.461 e. The fourth-order valence-electron chi connectivity index (χ4n) is 2.05. The highest BCUT2D eigenvalue weighted by molar-refractivity contribution is 5.79. The molecule has 2 heterocycles. The molecule has 4 nitrogen and oxygen atoms in total. The van der Waals surface area contributed by atoms with Gasteiger partial charge in [0.25, 0.3) is 5.56 Å². The van der Waals surface area contributed by atoms with Gasteiger partial charge in [-0.25, -0.2) is 4.98 Å². The number of nitrogens with zero attached hydrogens (tertiary/aromatic N) is 1. The molecule has 0 saturated carbocycles. The van der Waals surface area contributed by atoms with Gasteiger partial charge in [-0.2, -0.15) is 0 Å². The largest absolute Gasteiger partial charge is 0.461 e. The van der Waals surface area contributed by atoms with Crippen LogP contribution in [0, 0.1) is 0 Å². The van der Waals surface area contributed by atoms with Gasteiger partial charge in [0.15, 0.2) is 11.6 Å². The van der Waals surface area contributed by atoms with Gasteiger partial charge in [0.2, 0.25) is 0 Å². The molecular formula is C15H14N2O2. The summed E-state index contributed by atoms with van der Waals surface area (Å²) in [6.07, 6.45) is 1.56. The maximum absolute atomic E-state index is 12.1. The number of fused-ring (bicyclic) bond motifs is 1. The molecule has 3 aromatic rings. The summed E-state index contributed by atoms with van der Waals surface area (Å²) in [6.45, 7) is 4.19. The van der Waals surface area contributed by atoms with Crippen molar-refractivity contribution < 1.29 is 4.42 Å². The smallest absolute Gasteiger partial charge is 0.259 e. The molecule has 3 rings (SSSR count). The highest BCUT2D eigenvalue weighted by Crippen LogP contribution is 2.20. The molecule has 1 N–H and O–H groups in total. The van der Waals surface area contributed by atoms with Gasteiger partial charge in [0.05, 0.1) is 17.2 Å². The van der Waals surface area contributed by atoms with Gasteiger partial charge in [0.1, 0.15) is 0 Å². The minimum atomic E-state index is -0.140. The Morgan fingerprint density at radius 1 is 1.26 bits per heavy atom. The molecule has 19 heavy (non-hydrogen) atoms. The number of H-pyrrole nitrogens is 1. The highest BCUT2D eigenvalue weighted by atomic mass is 16.3. The van der Waals surface area contributed by atoms with E-state index >= 15 is 0 Å². The first-order chi connectivity index (χ1) is 9.15. The molecule has 0 saturated heterocycles. The van der Waals surface area contributed by atoms with E-state index in [1.54, 1.807) is 18.4 Å². The van der Waals surface area contributed by atoms with Gasteiger partial charge in [-0.3, -0.25) is 4.79 Å². The predicted octanol–water partition coefficient (Wildman–Crippen LogP) is 3.31. The van der Waals surface area contributed by atoms with Crippen molar-refractivity contribution in [2.45, 2.75) is 19.8 Å². The quantitative estimate of drug-likeness (QED) is 0.763. The van der Waals surface area contributed by atoms with E-state index in [9.17, 15) is 4.79 Å². The summed E-state index contributed by atoms with van der Waals surface area (Å²) in [5, 5.41) is 0.613. The molecule has 0 amide bonds. The van der Waals surface area contributed by atoms with Crippen LogP contribution >= 0.6 is 0 Å². The Labute approximate surface area is 110 Å². The van der Waals surface area contributed by atoms with Crippen LogP contribution < -0.4 is 5.56 Å². The molecule has 0 fully saturated rings. The predicted molar refractivity (Wildman–Crippen MR) is 74.2 cm³/mol.